The molecule has 2 N–H and O–H groups in total. The molecule has 6 nitrogen and oxygen atoms in total. The Kier molecular flexibility index (Phi) is 15.2. The molecule has 0 saturated heterocycles. The van der Waals surface area contributed by atoms with Crippen molar-refractivity contribution in [2.75, 3.05) is 13.2 Å². The predicted molar refractivity (Wildman–Crippen MR) is 240 cm³/mol. The van der Waals surface area contributed by atoms with Crippen LogP contribution in [0.25, 0.3) is 5.57 Å². The molecular formula is C51H72Cl2O6. The lowest BCUT2D eigenvalue weighted by atomic mass is 9.44. The summed E-state index contributed by atoms with van der Waals surface area (Å²) < 4.78 is 10.8. The molecule has 0 bridgehead atoms. The summed E-state index contributed by atoms with van der Waals surface area (Å²) in [7, 11) is 0. The van der Waals surface area contributed by atoms with E-state index < -0.39 is 11.9 Å². The van der Waals surface area contributed by atoms with Gasteiger partial charge >= 0.3 is 11.9 Å². The summed E-state index contributed by atoms with van der Waals surface area (Å²) in [6, 6.07) is 6.41. The zero-order valence-electron chi connectivity index (χ0n) is 37.0. The van der Waals surface area contributed by atoms with Gasteiger partial charge in [-0.3, -0.25) is 0 Å². The quantitative estimate of drug-likeness (QED) is 0.163. The summed E-state index contributed by atoms with van der Waals surface area (Å²) in [5.74, 6) is 4.48. The van der Waals surface area contributed by atoms with Crippen molar-refractivity contribution in [1.29, 1.82) is 0 Å². The topological polar surface area (TPSA) is 93.1 Å². The van der Waals surface area contributed by atoms with E-state index in [2.05, 4.69) is 40.7 Å². The largest absolute Gasteiger partial charge is 0.505 e. The smallest absolute Gasteiger partial charge is 0.341 e. The number of aromatic hydroxyl groups is 2. The van der Waals surface area contributed by atoms with E-state index in [1.54, 1.807) is 24.3 Å². The van der Waals surface area contributed by atoms with Crippen LogP contribution in [-0.2, 0) is 9.47 Å². The molecule has 326 valence electrons. The van der Waals surface area contributed by atoms with Crippen molar-refractivity contribution in [3.63, 3.8) is 0 Å². The number of ether oxygens (including phenoxy) is 2. The maximum atomic E-state index is 13.1. The van der Waals surface area contributed by atoms with Gasteiger partial charge in [0, 0.05) is 0 Å². The van der Waals surface area contributed by atoms with Crippen LogP contribution in [0.15, 0.2) is 30.3 Å². The molecule has 0 aromatic heterocycles. The van der Waals surface area contributed by atoms with E-state index in [-0.39, 0.29) is 45.9 Å². The summed E-state index contributed by atoms with van der Waals surface area (Å²) in [4.78, 5) is 26.1. The highest BCUT2D eigenvalue weighted by Gasteiger charge is 2.60. The number of hydrogen-bond donors (Lipinski definition) is 2. The Labute approximate surface area is 365 Å². The van der Waals surface area contributed by atoms with Gasteiger partial charge in [0.15, 0.2) is 0 Å². The molecule has 4 aliphatic rings. The molecule has 0 spiro atoms. The lowest BCUT2D eigenvalue weighted by molar-refractivity contribution is -0.121. The van der Waals surface area contributed by atoms with Gasteiger partial charge in [-0.2, -0.15) is 0 Å². The molecule has 8 heteroatoms. The van der Waals surface area contributed by atoms with E-state index in [0.29, 0.717) is 46.3 Å². The Hall–Kier alpha value is -2.70. The minimum atomic E-state index is -0.665. The lowest BCUT2D eigenvalue weighted by Gasteiger charge is -2.61. The molecule has 4 saturated carbocycles. The molecule has 4 fully saturated rings. The molecule has 0 heterocycles. The molecule has 2 aromatic carbocycles. The van der Waals surface area contributed by atoms with Crippen LogP contribution in [0.1, 0.15) is 183 Å². The number of fused-ring (bicyclic) bond motifs is 5. The standard InChI is InChI=1S/C51H72Cl2O6/c1-8-24-58-48(56)39-27-34(29-44(52)46(39)54)37(35-28-40(47(55)45(53)30-35)49(57)59-25-9-2)15-11-14-33-20-22-50(6)36(26-33)16-17-38-42-19-18-41(32(5)13-10-12-31(3)4)51(42,7)23-21-43(38)50/h15,27-33,36,38,41-43,54-55H,8-14,16-26H2,1-7H3/t32-,33?,36?,38+,41-,42+,43+,50+,51-/m1/s1. The molecule has 6 rings (SSSR count). The van der Waals surface area contributed by atoms with Crippen molar-refractivity contribution in [2.45, 2.75) is 151 Å². The Morgan fingerprint density at radius 2 is 1.36 bits per heavy atom. The number of rotatable bonds is 16. The van der Waals surface area contributed by atoms with Crippen LogP contribution < -0.4 is 0 Å². The fraction of sp³-hybridized carbons (Fsp3) is 0.686. The number of hydrogen-bond acceptors (Lipinski definition) is 6. The molecule has 9 atom stereocenters. The van der Waals surface area contributed by atoms with Crippen molar-refractivity contribution >= 4 is 40.7 Å². The minimum absolute atomic E-state index is 0.0128. The third-order valence-electron chi connectivity index (χ3n) is 16.0. The lowest BCUT2D eigenvalue weighted by Crippen LogP contribution is -2.53. The number of phenols is 2. The van der Waals surface area contributed by atoms with Crippen molar-refractivity contribution in [2.24, 2.45) is 58.2 Å². The normalized spacial score (nSPS) is 29.3. The van der Waals surface area contributed by atoms with E-state index in [4.69, 9.17) is 32.7 Å². The van der Waals surface area contributed by atoms with Crippen LogP contribution in [0.4, 0.5) is 0 Å². The minimum Gasteiger partial charge on any atom is -0.505 e. The van der Waals surface area contributed by atoms with Crippen molar-refractivity contribution in [3.05, 3.63) is 62.6 Å². The Balaban J connectivity index is 1.20. The molecule has 0 radical (unpaired) electrons. The third kappa shape index (κ3) is 9.69. The number of benzene rings is 2. The van der Waals surface area contributed by atoms with Crippen molar-refractivity contribution in [3.8, 4) is 11.5 Å². The van der Waals surface area contributed by atoms with Crippen molar-refractivity contribution in [1.82, 2.24) is 0 Å². The fourth-order valence-electron chi connectivity index (χ4n) is 12.9. The summed E-state index contributed by atoms with van der Waals surface area (Å²) >= 11 is 13.1. The van der Waals surface area contributed by atoms with E-state index in [1.807, 2.05) is 13.8 Å². The summed E-state index contributed by atoms with van der Waals surface area (Å²) in [5, 5.41) is 21.7. The van der Waals surface area contributed by atoms with Gasteiger partial charge in [0.1, 0.15) is 22.6 Å². The van der Waals surface area contributed by atoms with Crippen LogP contribution in [0.2, 0.25) is 10.0 Å². The van der Waals surface area contributed by atoms with Gasteiger partial charge < -0.3 is 19.7 Å². The first kappa shape index (κ1) is 45.8. The first-order valence-corrected chi connectivity index (χ1v) is 24.0. The number of carbonyl (C=O) groups is 2. The Bertz CT molecular complexity index is 1760. The second-order valence-electron chi connectivity index (χ2n) is 20.0. The monoisotopic (exact) mass is 850 g/mol. The van der Waals surface area contributed by atoms with Gasteiger partial charge in [0.2, 0.25) is 0 Å². The number of esters is 2. The average Bonchev–Trinajstić information content (AvgIpc) is 3.57. The Morgan fingerprint density at radius 1 is 0.780 bits per heavy atom. The van der Waals surface area contributed by atoms with E-state index in [9.17, 15) is 19.8 Å². The highest BCUT2D eigenvalue weighted by molar-refractivity contribution is 6.33. The molecular weight excluding hydrogens is 779 g/mol. The zero-order chi connectivity index (χ0) is 42.6. The third-order valence-corrected chi connectivity index (χ3v) is 16.5. The second-order valence-corrected chi connectivity index (χ2v) is 20.8. The van der Waals surface area contributed by atoms with Gasteiger partial charge in [0.05, 0.1) is 23.3 Å². The molecule has 0 aliphatic heterocycles. The zero-order valence-corrected chi connectivity index (χ0v) is 38.5. The molecule has 0 amide bonds. The van der Waals surface area contributed by atoms with Gasteiger partial charge in [-0.25, -0.2) is 9.59 Å². The predicted octanol–water partition coefficient (Wildman–Crippen LogP) is 14.5. The highest BCUT2D eigenvalue weighted by Crippen LogP contribution is 2.69. The number of carbonyl (C=O) groups excluding carboxylic acids is 2. The van der Waals surface area contributed by atoms with E-state index in [0.717, 1.165) is 54.3 Å². The first-order chi connectivity index (χ1) is 28.1. The highest BCUT2D eigenvalue weighted by atomic mass is 35.5. The van der Waals surface area contributed by atoms with Gasteiger partial charge in [-0.1, -0.05) is 97.0 Å². The second kappa shape index (κ2) is 19.6. The molecule has 2 unspecified atom stereocenters. The van der Waals surface area contributed by atoms with Crippen LogP contribution in [-0.4, -0.2) is 35.4 Å². The summed E-state index contributed by atoms with van der Waals surface area (Å²) in [5.41, 5.74) is 2.70. The fourth-order valence-corrected chi connectivity index (χ4v) is 13.3. The average molecular weight is 852 g/mol. The van der Waals surface area contributed by atoms with Gasteiger partial charge in [0.25, 0.3) is 0 Å². The SMILES string of the molecule is CCCOC(=O)c1cc(C(=CCCC2CC[C@@]3(C)C(CC[C@H]4[C@@H]5CC[C@H]([C@H](C)CCCC(C)C)[C@@]5(C)CC[C@@H]43)C2)c2cc(Cl)c(O)c(C(=O)OCCC)c2)cc(Cl)c1O. The molecule has 59 heavy (non-hydrogen) atoms. The number of allylic oxidation sites excluding steroid dienone is 1. The van der Waals surface area contributed by atoms with Gasteiger partial charge in [-0.05, 0) is 183 Å². The van der Waals surface area contributed by atoms with Crippen LogP contribution >= 0.6 is 23.2 Å². The first-order valence-electron chi connectivity index (χ1n) is 23.2. The van der Waals surface area contributed by atoms with Crippen LogP contribution in [0, 0.1) is 58.2 Å². The van der Waals surface area contributed by atoms with E-state index >= 15 is 0 Å². The summed E-state index contributed by atoms with van der Waals surface area (Å²) in [6.07, 6.45) is 21.5. The maximum Gasteiger partial charge on any atom is 0.341 e. The van der Waals surface area contributed by atoms with E-state index in [1.165, 1.54) is 77.0 Å². The summed E-state index contributed by atoms with van der Waals surface area (Å²) in [6.45, 7) is 16.9. The number of phenolic OH excluding ortho intramolecular Hbond substituents is 2. The van der Waals surface area contributed by atoms with Crippen molar-refractivity contribution < 1.29 is 29.3 Å². The van der Waals surface area contributed by atoms with Crippen LogP contribution in [0.5, 0.6) is 11.5 Å². The number of halogens is 2. The van der Waals surface area contributed by atoms with Crippen LogP contribution in [0.3, 0.4) is 0 Å². The molecule has 4 aliphatic carbocycles. The van der Waals surface area contributed by atoms with Gasteiger partial charge in [-0.15, -0.1) is 0 Å². The maximum absolute atomic E-state index is 13.1. The Morgan fingerprint density at radius 3 is 1.93 bits per heavy atom. The molecule has 2 aromatic rings.